The number of benzene rings is 3. The summed E-state index contributed by atoms with van der Waals surface area (Å²) in [5, 5.41) is 1.02. The van der Waals surface area contributed by atoms with Crippen molar-refractivity contribution < 1.29 is 14.3 Å². The van der Waals surface area contributed by atoms with Gasteiger partial charge in [0.15, 0.2) is 11.5 Å². The number of ether oxygens (including phenoxy) is 2. The Balaban J connectivity index is 1.67. The van der Waals surface area contributed by atoms with Crippen LogP contribution in [0.1, 0.15) is 23.6 Å². The van der Waals surface area contributed by atoms with E-state index in [9.17, 15) is 4.79 Å². The summed E-state index contributed by atoms with van der Waals surface area (Å²) in [6, 6.07) is 18.8. The number of carbonyl (C=O) groups excluding carboxylic acids is 1. The smallest absolute Gasteiger partial charge is 0.258 e. The van der Waals surface area contributed by atoms with Gasteiger partial charge in [-0.15, -0.1) is 0 Å². The van der Waals surface area contributed by atoms with E-state index in [0.29, 0.717) is 33.7 Å². The lowest BCUT2D eigenvalue weighted by molar-refractivity contribution is -0.112. The first-order chi connectivity index (χ1) is 15.0. The van der Waals surface area contributed by atoms with Crippen LogP contribution in [0.25, 0.3) is 11.6 Å². The maximum Gasteiger partial charge on any atom is 0.258 e. The monoisotopic (exact) mass is 453 g/mol. The lowest BCUT2D eigenvalue weighted by Crippen LogP contribution is -2.25. The second kappa shape index (κ2) is 9.04. The van der Waals surface area contributed by atoms with Crippen LogP contribution in [-0.2, 0) is 11.4 Å². The van der Waals surface area contributed by atoms with E-state index >= 15 is 0 Å². The topological polar surface area (TPSA) is 38.8 Å². The minimum Gasteiger partial charge on any atom is -0.493 e. The molecule has 158 valence electrons. The first-order valence-electron chi connectivity index (χ1n) is 9.90. The minimum atomic E-state index is -0.0298. The fourth-order valence-corrected chi connectivity index (χ4v) is 4.12. The summed E-state index contributed by atoms with van der Waals surface area (Å²) in [6.07, 6.45) is 1.84. The van der Waals surface area contributed by atoms with Gasteiger partial charge in [-0.3, -0.25) is 4.79 Å². The maximum absolute atomic E-state index is 13.0. The molecule has 1 aliphatic rings. The van der Waals surface area contributed by atoms with Crippen molar-refractivity contribution in [1.82, 2.24) is 0 Å². The number of nitrogens with zero attached hydrogens (tertiary/aromatic N) is 1. The molecule has 0 radical (unpaired) electrons. The molecule has 0 unspecified atom stereocenters. The fourth-order valence-electron chi connectivity index (χ4n) is 3.66. The van der Waals surface area contributed by atoms with E-state index in [1.807, 2.05) is 67.6 Å². The van der Waals surface area contributed by atoms with Crippen molar-refractivity contribution in [3.8, 4) is 11.5 Å². The summed E-state index contributed by atoms with van der Waals surface area (Å²) in [6.45, 7) is 2.82. The molecule has 3 aromatic carbocycles. The minimum absolute atomic E-state index is 0.0298. The van der Waals surface area contributed by atoms with Crippen LogP contribution in [0, 0.1) is 0 Å². The zero-order valence-corrected chi connectivity index (χ0v) is 18.7. The molecule has 4 rings (SSSR count). The van der Waals surface area contributed by atoms with Crippen molar-refractivity contribution in [1.29, 1.82) is 0 Å². The highest BCUT2D eigenvalue weighted by molar-refractivity contribution is 6.36. The highest BCUT2D eigenvalue weighted by Crippen LogP contribution is 2.41. The van der Waals surface area contributed by atoms with Gasteiger partial charge in [-0.05, 0) is 42.8 Å². The second-order valence-corrected chi connectivity index (χ2v) is 7.85. The van der Waals surface area contributed by atoms with Gasteiger partial charge in [-0.1, -0.05) is 59.6 Å². The Bertz CT molecular complexity index is 1170. The third kappa shape index (κ3) is 4.14. The standard InChI is InChI=1S/C25H21Cl2NO3/c1-3-28-22-11-7-5-9-18(22)19(25(28)29)12-16-13-21(27)24(23(14-16)30-2)31-15-17-8-4-6-10-20(17)26/h4-14H,3,15H2,1-2H3/b19-12-. The number of amides is 1. The molecule has 0 atom stereocenters. The number of hydrogen-bond acceptors (Lipinski definition) is 3. The van der Waals surface area contributed by atoms with Crippen LogP contribution in [-0.4, -0.2) is 19.6 Å². The van der Waals surface area contributed by atoms with Crippen molar-refractivity contribution in [2.45, 2.75) is 13.5 Å². The van der Waals surface area contributed by atoms with E-state index in [4.69, 9.17) is 32.7 Å². The van der Waals surface area contributed by atoms with E-state index in [1.54, 1.807) is 18.1 Å². The quantitative estimate of drug-likeness (QED) is 0.400. The summed E-state index contributed by atoms with van der Waals surface area (Å²) in [4.78, 5) is 14.7. The van der Waals surface area contributed by atoms with E-state index in [-0.39, 0.29) is 12.5 Å². The van der Waals surface area contributed by atoms with Gasteiger partial charge in [0.1, 0.15) is 6.61 Å². The third-order valence-corrected chi connectivity index (χ3v) is 5.82. The molecule has 1 amide bonds. The Hall–Kier alpha value is -2.95. The molecule has 0 bridgehead atoms. The highest BCUT2D eigenvalue weighted by Gasteiger charge is 2.30. The molecule has 0 spiro atoms. The molecule has 6 heteroatoms. The van der Waals surface area contributed by atoms with Crippen molar-refractivity contribution in [2.75, 3.05) is 18.6 Å². The van der Waals surface area contributed by atoms with Crippen LogP contribution in [0.15, 0.2) is 60.7 Å². The van der Waals surface area contributed by atoms with Gasteiger partial charge in [0, 0.05) is 28.3 Å². The van der Waals surface area contributed by atoms with Gasteiger partial charge in [0.25, 0.3) is 5.91 Å². The fraction of sp³-hybridized carbons (Fsp3) is 0.160. The van der Waals surface area contributed by atoms with Crippen LogP contribution >= 0.6 is 23.2 Å². The summed E-state index contributed by atoms with van der Waals surface area (Å²) in [5.41, 5.74) is 4.05. The zero-order chi connectivity index (χ0) is 22.0. The summed E-state index contributed by atoms with van der Waals surface area (Å²) >= 11 is 12.7. The number of carbonyl (C=O) groups is 1. The Morgan fingerprint density at radius 3 is 2.48 bits per heavy atom. The number of para-hydroxylation sites is 1. The highest BCUT2D eigenvalue weighted by atomic mass is 35.5. The van der Waals surface area contributed by atoms with Crippen molar-refractivity contribution in [2.24, 2.45) is 0 Å². The molecule has 1 aliphatic heterocycles. The zero-order valence-electron chi connectivity index (χ0n) is 17.2. The second-order valence-electron chi connectivity index (χ2n) is 7.04. The molecular formula is C25H21Cl2NO3. The molecule has 3 aromatic rings. The number of rotatable bonds is 6. The molecular weight excluding hydrogens is 433 g/mol. The molecule has 31 heavy (non-hydrogen) atoms. The average molecular weight is 454 g/mol. The number of halogens is 2. The van der Waals surface area contributed by atoms with Crippen LogP contribution < -0.4 is 14.4 Å². The van der Waals surface area contributed by atoms with E-state index < -0.39 is 0 Å². The normalized spacial score (nSPS) is 14.1. The summed E-state index contributed by atoms with van der Waals surface area (Å²) < 4.78 is 11.4. The molecule has 0 saturated heterocycles. The lowest BCUT2D eigenvalue weighted by Gasteiger charge is -2.14. The lowest BCUT2D eigenvalue weighted by atomic mass is 10.0. The van der Waals surface area contributed by atoms with Crippen LogP contribution in [0.3, 0.4) is 0 Å². The van der Waals surface area contributed by atoms with Gasteiger partial charge in [-0.2, -0.15) is 0 Å². The molecule has 0 saturated carbocycles. The van der Waals surface area contributed by atoms with Crippen molar-refractivity contribution in [3.05, 3.63) is 87.4 Å². The number of likely N-dealkylation sites (N-methyl/N-ethyl adjacent to an activating group) is 1. The Kier molecular flexibility index (Phi) is 6.21. The Labute approximate surface area is 191 Å². The van der Waals surface area contributed by atoms with Gasteiger partial charge >= 0.3 is 0 Å². The number of hydrogen-bond donors (Lipinski definition) is 0. The van der Waals surface area contributed by atoms with Crippen LogP contribution in [0.2, 0.25) is 10.0 Å². The van der Waals surface area contributed by atoms with Gasteiger partial charge in [0.2, 0.25) is 0 Å². The number of fused-ring (bicyclic) bond motifs is 1. The van der Waals surface area contributed by atoms with E-state index in [1.165, 1.54) is 0 Å². The predicted molar refractivity (Wildman–Crippen MR) is 126 cm³/mol. The van der Waals surface area contributed by atoms with Gasteiger partial charge in [-0.25, -0.2) is 0 Å². The first kappa shape index (κ1) is 21.3. The van der Waals surface area contributed by atoms with Gasteiger partial charge in [0.05, 0.1) is 17.8 Å². The Morgan fingerprint density at radius 2 is 1.74 bits per heavy atom. The molecule has 4 nitrogen and oxygen atoms in total. The SMILES string of the molecule is CCN1C(=O)/C(=C\c2cc(Cl)c(OCc3ccccc3Cl)c(OC)c2)c2ccccc21. The average Bonchev–Trinajstić information content (AvgIpc) is 3.04. The Morgan fingerprint density at radius 1 is 1.00 bits per heavy atom. The van der Waals surface area contributed by atoms with Crippen molar-refractivity contribution >= 4 is 46.4 Å². The molecule has 0 aliphatic carbocycles. The van der Waals surface area contributed by atoms with E-state index in [2.05, 4.69) is 0 Å². The predicted octanol–water partition coefficient (Wildman–Crippen LogP) is 6.49. The van der Waals surface area contributed by atoms with Gasteiger partial charge < -0.3 is 14.4 Å². The number of anilines is 1. The van der Waals surface area contributed by atoms with Crippen molar-refractivity contribution in [3.63, 3.8) is 0 Å². The maximum atomic E-state index is 13.0. The van der Waals surface area contributed by atoms with Crippen LogP contribution in [0.5, 0.6) is 11.5 Å². The first-order valence-corrected chi connectivity index (χ1v) is 10.7. The summed E-state index contributed by atoms with van der Waals surface area (Å²) in [5.74, 6) is 0.884. The molecule has 0 fully saturated rings. The number of methoxy groups -OCH3 is 1. The molecule has 0 N–H and O–H groups in total. The van der Waals surface area contributed by atoms with E-state index in [0.717, 1.165) is 22.4 Å². The van der Waals surface area contributed by atoms with Crippen LogP contribution in [0.4, 0.5) is 5.69 Å². The molecule has 0 aromatic heterocycles. The summed E-state index contributed by atoms with van der Waals surface area (Å²) in [7, 11) is 1.56. The molecule has 1 heterocycles. The third-order valence-electron chi connectivity index (χ3n) is 5.17. The largest absolute Gasteiger partial charge is 0.493 e.